The first kappa shape index (κ1) is 7.68. The van der Waals surface area contributed by atoms with E-state index in [1.165, 1.54) is 6.33 Å². The molecule has 0 radical (unpaired) electrons. The Balaban J connectivity index is 2.59. The van der Waals surface area contributed by atoms with Gasteiger partial charge in [-0.3, -0.25) is 0 Å². The maximum Gasteiger partial charge on any atom is 0.116 e. The van der Waals surface area contributed by atoms with E-state index in [2.05, 4.69) is 16.9 Å². The molecule has 2 atom stereocenters. The van der Waals surface area contributed by atoms with Gasteiger partial charge in [0.2, 0.25) is 0 Å². The van der Waals surface area contributed by atoms with Gasteiger partial charge in [-0.1, -0.05) is 6.92 Å². The third-order valence-corrected chi connectivity index (χ3v) is 2.50. The van der Waals surface area contributed by atoms with Crippen molar-refractivity contribution in [2.45, 2.75) is 32.3 Å². The molecule has 0 aliphatic heterocycles. The predicted octanol–water partition coefficient (Wildman–Crippen LogP) is 1.33. The summed E-state index contributed by atoms with van der Waals surface area (Å²) in [6.45, 7) is 4.07. The SMILES string of the molecule is Cc1ncnc2c1[C@@H](C)C[C@@H]2O. The number of fused-ring (bicyclic) bond motifs is 1. The van der Waals surface area contributed by atoms with Crippen LogP contribution in [0.15, 0.2) is 6.33 Å². The van der Waals surface area contributed by atoms with Gasteiger partial charge in [0.25, 0.3) is 0 Å². The van der Waals surface area contributed by atoms with Gasteiger partial charge in [0, 0.05) is 11.3 Å². The molecular formula is C9H12N2O. The lowest BCUT2D eigenvalue weighted by Gasteiger charge is -2.04. The molecule has 0 spiro atoms. The van der Waals surface area contributed by atoms with E-state index in [4.69, 9.17) is 0 Å². The summed E-state index contributed by atoms with van der Waals surface area (Å²) in [6.07, 6.45) is 1.93. The highest BCUT2D eigenvalue weighted by molar-refractivity contribution is 5.33. The largest absolute Gasteiger partial charge is 0.387 e. The minimum Gasteiger partial charge on any atom is -0.387 e. The first-order valence-corrected chi connectivity index (χ1v) is 4.19. The Morgan fingerprint density at radius 1 is 1.50 bits per heavy atom. The van der Waals surface area contributed by atoms with Crippen molar-refractivity contribution in [3.8, 4) is 0 Å². The molecule has 0 unspecified atom stereocenters. The number of aliphatic hydroxyl groups is 1. The molecule has 3 heteroatoms. The molecule has 0 amide bonds. The molecule has 3 nitrogen and oxygen atoms in total. The van der Waals surface area contributed by atoms with Crippen molar-refractivity contribution in [3.63, 3.8) is 0 Å². The summed E-state index contributed by atoms with van der Waals surface area (Å²) in [4.78, 5) is 8.20. The van der Waals surface area contributed by atoms with Crippen molar-refractivity contribution in [2.75, 3.05) is 0 Å². The molecule has 1 aromatic rings. The normalized spacial score (nSPS) is 27.2. The lowest BCUT2D eigenvalue weighted by atomic mass is 10.0. The Labute approximate surface area is 71.5 Å². The van der Waals surface area contributed by atoms with E-state index in [0.29, 0.717) is 5.92 Å². The summed E-state index contributed by atoms with van der Waals surface area (Å²) in [7, 11) is 0. The Bertz CT molecular complexity index is 311. The van der Waals surface area contributed by atoms with Crippen molar-refractivity contribution >= 4 is 0 Å². The molecule has 0 saturated carbocycles. The van der Waals surface area contributed by atoms with Gasteiger partial charge in [-0.2, -0.15) is 0 Å². The van der Waals surface area contributed by atoms with Gasteiger partial charge in [0.1, 0.15) is 6.33 Å². The lowest BCUT2D eigenvalue weighted by Crippen LogP contribution is -1.98. The number of aromatic nitrogens is 2. The van der Waals surface area contributed by atoms with Crippen molar-refractivity contribution < 1.29 is 5.11 Å². The molecule has 12 heavy (non-hydrogen) atoms. The van der Waals surface area contributed by atoms with E-state index < -0.39 is 0 Å². The van der Waals surface area contributed by atoms with Gasteiger partial charge in [0.05, 0.1) is 11.8 Å². The highest BCUT2D eigenvalue weighted by Crippen LogP contribution is 2.39. The van der Waals surface area contributed by atoms with Crippen LogP contribution in [-0.4, -0.2) is 15.1 Å². The van der Waals surface area contributed by atoms with Crippen LogP contribution in [0.25, 0.3) is 0 Å². The van der Waals surface area contributed by atoms with Crippen molar-refractivity contribution in [3.05, 3.63) is 23.3 Å². The third kappa shape index (κ3) is 0.932. The number of rotatable bonds is 0. The topological polar surface area (TPSA) is 46.0 Å². The van der Waals surface area contributed by atoms with E-state index >= 15 is 0 Å². The maximum atomic E-state index is 9.59. The van der Waals surface area contributed by atoms with Gasteiger partial charge >= 0.3 is 0 Å². The highest BCUT2D eigenvalue weighted by atomic mass is 16.3. The zero-order valence-electron chi connectivity index (χ0n) is 7.28. The number of hydrogen-bond donors (Lipinski definition) is 1. The van der Waals surface area contributed by atoms with Gasteiger partial charge in [-0.05, 0) is 19.3 Å². The molecule has 0 aromatic carbocycles. The average Bonchev–Trinajstić information content (AvgIpc) is 2.29. The van der Waals surface area contributed by atoms with Crippen LogP contribution < -0.4 is 0 Å². The zero-order chi connectivity index (χ0) is 8.72. The molecule has 1 aliphatic carbocycles. The zero-order valence-corrected chi connectivity index (χ0v) is 7.28. The lowest BCUT2D eigenvalue weighted by molar-refractivity contribution is 0.170. The van der Waals surface area contributed by atoms with Gasteiger partial charge in [-0.15, -0.1) is 0 Å². The van der Waals surface area contributed by atoms with Crippen LogP contribution >= 0.6 is 0 Å². The predicted molar refractivity (Wildman–Crippen MR) is 44.8 cm³/mol. The van der Waals surface area contributed by atoms with E-state index in [1.807, 2.05) is 6.92 Å². The Morgan fingerprint density at radius 3 is 2.92 bits per heavy atom. The van der Waals surface area contributed by atoms with Crippen LogP contribution in [-0.2, 0) is 0 Å². The standard InChI is InChI=1S/C9H12N2O/c1-5-3-7(12)9-8(5)6(2)10-4-11-9/h4-5,7,12H,3H2,1-2H3/t5-,7-/m0/s1. The molecule has 1 aromatic heterocycles. The summed E-state index contributed by atoms with van der Waals surface area (Å²) < 4.78 is 0. The fourth-order valence-electron chi connectivity index (χ4n) is 1.94. The Morgan fingerprint density at radius 2 is 2.25 bits per heavy atom. The van der Waals surface area contributed by atoms with Gasteiger partial charge in [-0.25, -0.2) is 9.97 Å². The molecule has 1 aliphatic rings. The molecule has 0 bridgehead atoms. The summed E-state index contributed by atoms with van der Waals surface area (Å²) >= 11 is 0. The van der Waals surface area contributed by atoms with Gasteiger partial charge < -0.3 is 5.11 Å². The van der Waals surface area contributed by atoms with Crippen LogP contribution in [0.3, 0.4) is 0 Å². The van der Waals surface area contributed by atoms with Crippen LogP contribution in [0.2, 0.25) is 0 Å². The maximum absolute atomic E-state index is 9.59. The van der Waals surface area contributed by atoms with Crippen molar-refractivity contribution in [1.29, 1.82) is 0 Å². The summed E-state index contributed by atoms with van der Waals surface area (Å²) in [5, 5.41) is 9.59. The number of aliphatic hydroxyl groups excluding tert-OH is 1. The average molecular weight is 164 g/mol. The van der Waals surface area contributed by atoms with E-state index in [1.54, 1.807) is 0 Å². The summed E-state index contributed by atoms with van der Waals surface area (Å²) in [6, 6.07) is 0. The fraction of sp³-hybridized carbons (Fsp3) is 0.556. The Hall–Kier alpha value is -0.960. The molecule has 0 saturated heterocycles. The molecule has 1 N–H and O–H groups in total. The molecule has 2 rings (SSSR count). The van der Waals surface area contributed by atoms with Crippen LogP contribution in [0, 0.1) is 6.92 Å². The first-order chi connectivity index (χ1) is 5.70. The quantitative estimate of drug-likeness (QED) is 0.629. The minimum atomic E-state index is -0.378. The van der Waals surface area contributed by atoms with Crippen LogP contribution in [0.4, 0.5) is 0 Å². The number of hydrogen-bond acceptors (Lipinski definition) is 3. The van der Waals surface area contributed by atoms with Gasteiger partial charge in [0.15, 0.2) is 0 Å². The smallest absolute Gasteiger partial charge is 0.116 e. The number of nitrogens with zero attached hydrogens (tertiary/aromatic N) is 2. The van der Waals surface area contributed by atoms with Crippen LogP contribution in [0.1, 0.15) is 42.3 Å². The Kier molecular flexibility index (Phi) is 1.61. The monoisotopic (exact) mass is 164 g/mol. The minimum absolute atomic E-state index is 0.378. The second-order valence-corrected chi connectivity index (χ2v) is 3.41. The van der Waals surface area contributed by atoms with Crippen LogP contribution in [0.5, 0.6) is 0 Å². The van der Waals surface area contributed by atoms with E-state index in [9.17, 15) is 5.11 Å². The fourth-order valence-corrected chi connectivity index (χ4v) is 1.94. The number of aryl methyl sites for hydroxylation is 1. The molecule has 64 valence electrons. The molecular weight excluding hydrogens is 152 g/mol. The highest BCUT2D eigenvalue weighted by Gasteiger charge is 2.29. The van der Waals surface area contributed by atoms with Crippen molar-refractivity contribution in [2.24, 2.45) is 0 Å². The van der Waals surface area contributed by atoms with Crippen molar-refractivity contribution in [1.82, 2.24) is 9.97 Å². The summed E-state index contributed by atoms with van der Waals surface area (Å²) in [5.74, 6) is 0.399. The third-order valence-electron chi connectivity index (χ3n) is 2.50. The summed E-state index contributed by atoms with van der Waals surface area (Å²) in [5.41, 5.74) is 2.98. The molecule has 0 fully saturated rings. The first-order valence-electron chi connectivity index (χ1n) is 4.19. The second-order valence-electron chi connectivity index (χ2n) is 3.41. The second kappa shape index (κ2) is 2.52. The van der Waals surface area contributed by atoms with E-state index in [-0.39, 0.29) is 6.10 Å². The molecule has 1 heterocycles. The van der Waals surface area contributed by atoms with E-state index in [0.717, 1.165) is 23.4 Å².